The first kappa shape index (κ1) is 20.4. The zero-order chi connectivity index (χ0) is 21.3. The number of anilines is 1. The second-order valence-electron chi connectivity index (χ2n) is 7.52. The molecule has 5 nitrogen and oxygen atoms in total. The van der Waals surface area contributed by atoms with Crippen molar-refractivity contribution in [3.8, 4) is 11.4 Å². The van der Waals surface area contributed by atoms with Crippen LogP contribution >= 0.6 is 11.6 Å². The Morgan fingerprint density at radius 1 is 1.10 bits per heavy atom. The number of hydrogen-bond donors (Lipinski definition) is 0. The van der Waals surface area contributed by atoms with Crippen LogP contribution in [0.25, 0.3) is 5.69 Å². The number of hydrogen-bond acceptors (Lipinski definition) is 4. The van der Waals surface area contributed by atoms with Gasteiger partial charge in [-0.25, -0.2) is 9.37 Å². The van der Waals surface area contributed by atoms with Gasteiger partial charge < -0.3 is 9.64 Å². The molecule has 0 aliphatic carbocycles. The number of ether oxygens (including phenoxy) is 1. The second-order valence-corrected chi connectivity index (χ2v) is 7.92. The Bertz CT molecular complexity index is 1120. The maximum Gasteiger partial charge on any atom is 0.258 e. The van der Waals surface area contributed by atoms with Crippen molar-refractivity contribution in [3.63, 3.8) is 0 Å². The summed E-state index contributed by atoms with van der Waals surface area (Å²) in [6.45, 7) is 5.17. The van der Waals surface area contributed by atoms with Gasteiger partial charge in [0.2, 0.25) is 0 Å². The van der Waals surface area contributed by atoms with E-state index in [0.29, 0.717) is 28.0 Å². The molecule has 0 spiro atoms. The average Bonchev–Trinajstić information content (AvgIpc) is 2.68. The van der Waals surface area contributed by atoms with E-state index in [1.807, 2.05) is 12.1 Å². The van der Waals surface area contributed by atoms with Gasteiger partial charge >= 0.3 is 0 Å². The van der Waals surface area contributed by atoms with Gasteiger partial charge in [-0.15, -0.1) is 0 Å². The molecular weight excluding hydrogens is 405 g/mol. The van der Waals surface area contributed by atoms with Crippen LogP contribution in [0.1, 0.15) is 24.4 Å². The molecular formula is C23H23ClFN3O2. The van der Waals surface area contributed by atoms with Gasteiger partial charge in [-0.1, -0.05) is 17.7 Å². The molecule has 1 fully saturated rings. The molecule has 7 heteroatoms. The normalized spacial score (nSPS) is 14.7. The van der Waals surface area contributed by atoms with E-state index < -0.39 is 0 Å². The zero-order valence-electron chi connectivity index (χ0n) is 16.9. The molecule has 0 atom stereocenters. The SMILES string of the molecule is Cc1cc(=O)n(-c2ccc(N3CCC(Oc4cccc(F)c4)CC3)c(Cl)c2)c(C)n1. The summed E-state index contributed by atoms with van der Waals surface area (Å²) in [4.78, 5) is 19.0. The fraction of sp³-hybridized carbons (Fsp3) is 0.304. The van der Waals surface area contributed by atoms with Crippen LogP contribution in [0.15, 0.2) is 53.3 Å². The van der Waals surface area contributed by atoms with E-state index in [2.05, 4.69) is 9.88 Å². The molecule has 2 aromatic carbocycles. The topological polar surface area (TPSA) is 47.4 Å². The molecule has 1 saturated heterocycles. The summed E-state index contributed by atoms with van der Waals surface area (Å²) in [5, 5.41) is 0.587. The number of aromatic nitrogens is 2. The second kappa shape index (κ2) is 8.48. The van der Waals surface area contributed by atoms with Gasteiger partial charge in [0.05, 0.1) is 16.4 Å². The lowest BCUT2D eigenvalue weighted by Crippen LogP contribution is -2.38. The number of rotatable bonds is 4. The fourth-order valence-corrected chi connectivity index (χ4v) is 4.19. The Kier molecular flexibility index (Phi) is 5.77. The molecule has 30 heavy (non-hydrogen) atoms. The van der Waals surface area contributed by atoms with E-state index in [-0.39, 0.29) is 17.5 Å². The molecule has 0 radical (unpaired) electrons. The minimum Gasteiger partial charge on any atom is -0.490 e. The van der Waals surface area contributed by atoms with Crippen LogP contribution in [0.2, 0.25) is 5.02 Å². The Morgan fingerprint density at radius 2 is 1.87 bits per heavy atom. The van der Waals surface area contributed by atoms with Gasteiger partial charge in [0.15, 0.2) is 0 Å². The molecule has 1 aromatic heterocycles. The van der Waals surface area contributed by atoms with E-state index in [4.69, 9.17) is 16.3 Å². The zero-order valence-corrected chi connectivity index (χ0v) is 17.7. The van der Waals surface area contributed by atoms with Crippen molar-refractivity contribution in [1.29, 1.82) is 0 Å². The van der Waals surface area contributed by atoms with Crippen molar-refractivity contribution in [3.05, 3.63) is 81.2 Å². The highest BCUT2D eigenvalue weighted by Gasteiger charge is 2.22. The van der Waals surface area contributed by atoms with Gasteiger partial charge in [0.25, 0.3) is 5.56 Å². The molecule has 0 N–H and O–H groups in total. The number of nitrogens with zero attached hydrogens (tertiary/aromatic N) is 3. The highest BCUT2D eigenvalue weighted by Crippen LogP contribution is 2.31. The lowest BCUT2D eigenvalue weighted by molar-refractivity contribution is 0.170. The van der Waals surface area contributed by atoms with Crippen molar-refractivity contribution in [1.82, 2.24) is 9.55 Å². The number of aryl methyl sites for hydroxylation is 2. The standard InChI is InChI=1S/C23H23ClFN3O2/c1-15-12-23(29)28(16(2)26-15)18-6-7-22(21(24)14-18)27-10-8-19(9-11-27)30-20-5-3-4-17(25)13-20/h3-7,12-14,19H,8-11H2,1-2H3. The van der Waals surface area contributed by atoms with Crippen LogP contribution in [-0.2, 0) is 0 Å². The quantitative estimate of drug-likeness (QED) is 0.606. The van der Waals surface area contributed by atoms with Crippen molar-refractivity contribution < 1.29 is 9.13 Å². The molecule has 1 aliphatic heterocycles. The van der Waals surface area contributed by atoms with Crippen molar-refractivity contribution in [2.75, 3.05) is 18.0 Å². The smallest absolute Gasteiger partial charge is 0.258 e. The molecule has 156 valence electrons. The summed E-state index contributed by atoms with van der Waals surface area (Å²) in [5.41, 5.74) is 2.19. The molecule has 3 aromatic rings. The lowest BCUT2D eigenvalue weighted by Gasteiger charge is -2.34. The summed E-state index contributed by atoms with van der Waals surface area (Å²) in [5.74, 6) is 0.886. The third kappa shape index (κ3) is 4.33. The molecule has 2 heterocycles. The van der Waals surface area contributed by atoms with Crippen LogP contribution in [-0.4, -0.2) is 28.7 Å². The summed E-state index contributed by atoms with van der Waals surface area (Å²) in [7, 11) is 0. The average molecular weight is 428 g/mol. The van der Waals surface area contributed by atoms with Crippen LogP contribution < -0.4 is 15.2 Å². The van der Waals surface area contributed by atoms with E-state index in [1.165, 1.54) is 18.2 Å². The Hall–Kier alpha value is -2.86. The fourth-order valence-electron chi connectivity index (χ4n) is 3.89. The first-order valence-electron chi connectivity index (χ1n) is 9.95. The van der Waals surface area contributed by atoms with Crippen molar-refractivity contribution in [2.45, 2.75) is 32.8 Å². The van der Waals surface area contributed by atoms with Gasteiger partial charge in [-0.2, -0.15) is 0 Å². The van der Waals surface area contributed by atoms with Crippen LogP contribution in [0.5, 0.6) is 5.75 Å². The monoisotopic (exact) mass is 427 g/mol. The summed E-state index contributed by atoms with van der Waals surface area (Å²) >= 11 is 6.58. The minimum absolute atomic E-state index is 0.0426. The van der Waals surface area contributed by atoms with Crippen molar-refractivity contribution in [2.24, 2.45) is 0 Å². The molecule has 4 rings (SSSR count). The summed E-state index contributed by atoms with van der Waals surface area (Å²) in [6.07, 6.45) is 1.67. The maximum absolute atomic E-state index is 13.3. The Morgan fingerprint density at radius 3 is 2.53 bits per heavy atom. The molecule has 0 unspecified atom stereocenters. The maximum atomic E-state index is 13.3. The van der Waals surface area contributed by atoms with Gasteiger partial charge in [-0.05, 0) is 44.2 Å². The molecule has 0 saturated carbocycles. The van der Waals surface area contributed by atoms with Gasteiger partial charge in [0, 0.05) is 43.8 Å². The summed E-state index contributed by atoms with van der Waals surface area (Å²) in [6, 6.07) is 13.4. The first-order chi connectivity index (χ1) is 14.4. The number of piperidine rings is 1. The van der Waals surface area contributed by atoms with Crippen LogP contribution in [0.3, 0.4) is 0 Å². The van der Waals surface area contributed by atoms with E-state index in [9.17, 15) is 9.18 Å². The summed E-state index contributed by atoms with van der Waals surface area (Å²) < 4.78 is 20.8. The lowest BCUT2D eigenvalue weighted by atomic mass is 10.1. The van der Waals surface area contributed by atoms with Gasteiger partial charge in [0.1, 0.15) is 23.5 Å². The largest absolute Gasteiger partial charge is 0.490 e. The van der Waals surface area contributed by atoms with E-state index in [0.717, 1.165) is 31.6 Å². The Balaban J connectivity index is 1.47. The van der Waals surface area contributed by atoms with Crippen LogP contribution in [0, 0.1) is 19.7 Å². The third-order valence-corrected chi connectivity index (χ3v) is 5.59. The number of halogens is 2. The third-order valence-electron chi connectivity index (χ3n) is 5.29. The van der Waals surface area contributed by atoms with Crippen LogP contribution in [0.4, 0.5) is 10.1 Å². The molecule has 1 aliphatic rings. The molecule has 0 bridgehead atoms. The van der Waals surface area contributed by atoms with E-state index >= 15 is 0 Å². The highest BCUT2D eigenvalue weighted by atomic mass is 35.5. The van der Waals surface area contributed by atoms with Gasteiger partial charge in [-0.3, -0.25) is 9.36 Å². The Labute approximate surface area is 179 Å². The predicted octanol–water partition coefficient (Wildman–Crippen LogP) is 4.69. The first-order valence-corrected chi connectivity index (χ1v) is 10.3. The highest BCUT2D eigenvalue weighted by molar-refractivity contribution is 6.33. The van der Waals surface area contributed by atoms with E-state index in [1.54, 1.807) is 36.6 Å². The predicted molar refractivity (Wildman–Crippen MR) is 117 cm³/mol. The number of benzene rings is 2. The minimum atomic E-state index is -0.296. The molecule has 0 amide bonds. The van der Waals surface area contributed by atoms with Crippen molar-refractivity contribution >= 4 is 17.3 Å².